The molecule has 0 saturated carbocycles. The number of nitrogens with zero attached hydrogens (tertiary/aromatic N) is 1. The lowest BCUT2D eigenvalue weighted by molar-refractivity contribution is 0.104. The van der Waals surface area contributed by atoms with E-state index in [1.54, 1.807) is 6.07 Å². The van der Waals surface area contributed by atoms with Crippen molar-refractivity contribution in [2.75, 3.05) is 19.0 Å². The van der Waals surface area contributed by atoms with Gasteiger partial charge < -0.3 is 4.90 Å². The van der Waals surface area contributed by atoms with Gasteiger partial charge in [-0.05, 0) is 18.2 Å². The molecular formula is C11H13NO. The normalized spacial score (nSPS) is 9.38. The van der Waals surface area contributed by atoms with Crippen LogP contribution in [0.2, 0.25) is 0 Å². The molecule has 0 atom stereocenters. The van der Waals surface area contributed by atoms with Crippen molar-refractivity contribution in [2.24, 2.45) is 0 Å². The van der Waals surface area contributed by atoms with Gasteiger partial charge in [0.25, 0.3) is 0 Å². The van der Waals surface area contributed by atoms with Crippen LogP contribution in [-0.4, -0.2) is 19.9 Å². The first kappa shape index (κ1) is 9.52. The van der Waals surface area contributed by atoms with Crippen molar-refractivity contribution in [3.63, 3.8) is 0 Å². The summed E-state index contributed by atoms with van der Waals surface area (Å²) in [5.41, 5.74) is 1.70. The molecule has 0 fully saturated rings. The van der Waals surface area contributed by atoms with E-state index in [-0.39, 0.29) is 5.78 Å². The van der Waals surface area contributed by atoms with Gasteiger partial charge in [-0.25, -0.2) is 0 Å². The van der Waals surface area contributed by atoms with E-state index in [4.69, 9.17) is 0 Å². The fourth-order valence-corrected chi connectivity index (χ4v) is 1.06. The molecule has 0 unspecified atom stereocenters. The highest BCUT2D eigenvalue weighted by Gasteiger charge is 2.02. The Bertz CT molecular complexity index is 329. The highest BCUT2D eigenvalue weighted by molar-refractivity contribution is 6.04. The molecule has 13 heavy (non-hydrogen) atoms. The van der Waals surface area contributed by atoms with Crippen LogP contribution in [0.25, 0.3) is 0 Å². The van der Waals surface area contributed by atoms with Gasteiger partial charge in [0.15, 0.2) is 5.78 Å². The first-order chi connectivity index (χ1) is 6.15. The van der Waals surface area contributed by atoms with Crippen molar-refractivity contribution in [3.8, 4) is 0 Å². The number of anilines is 1. The zero-order valence-corrected chi connectivity index (χ0v) is 7.95. The fraction of sp³-hybridized carbons (Fsp3) is 0.182. The second-order valence-electron chi connectivity index (χ2n) is 3.01. The third kappa shape index (κ3) is 2.18. The molecule has 0 radical (unpaired) electrons. The molecule has 0 spiro atoms. The molecule has 68 valence electrons. The summed E-state index contributed by atoms with van der Waals surface area (Å²) < 4.78 is 0. The van der Waals surface area contributed by atoms with E-state index in [9.17, 15) is 4.79 Å². The maximum atomic E-state index is 11.3. The number of allylic oxidation sites excluding steroid dienone is 1. The molecule has 0 aromatic heterocycles. The van der Waals surface area contributed by atoms with E-state index < -0.39 is 0 Å². The summed E-state index contributed by atoms with van der Waals surface area (Å²) in [6.07, 6.45) is 1.33. The molecular weight excluding hydrogens is 162 g/mol. The Morgan fingerprint density at radius 2 is 2.15 bits per heavy atom. The Balaban J connectivity index is 3.05. The molecule has 0 aliphatic carbocycles. The van der Waals surface area contributed by atoms with Crippen molar-refractivity contribution in [2.45, 2.75) is 0 Å². The van der Waals surface area contributed by atoms with Gasteiger partial charge >= 0.3 is 0 Å². The van der Waals surface area contributed by atoms with Crippen molar-refractivity contribution in [3.05, 3.63) is 42.5 Å². The fourth-order valence-electron chi connectivity index (χ4n) is 1.06. The summed E-state index contributed by atoms with van der Waals surface area (Å²) in [7, 11) is 3.88. The highest BCUT2D eigenvalue weighted by atomic mass is 16.1. The zero-order chi connectivity index (χ0) is 9.84. The standard InChI is InChI=1S/C11H13NO/c1-4-11(13)9-6-5-7-10(8-9)12(2)3/h4-8H,1H2,2-3H3. The summed E-state index contributed by atoms with van der Waals surface area (Å²) in [4.78, 5) is 13.2. The van der Waals surface area contributed by atoms with E-state index in [0.717, 1.165) is 5.69 Å². The number of rotatable bonds is 3. The van der Waals surface area contributed by atoms with Crippen molar-refractivity contribution < 1.29 is 4.79 Å². The van der Waals surface area contributed by atoms with Gasteiger partial charge in [-0.15, -0.1) is 0 Å². The lowest BCUT2D eigenvalue weighted by Gasteiger charge is -2.12. The molecule has 0 saturated heterocycles. The van der Waals surface area contributed by atoms with Gasteiger partial charge in [0.05, 0.1) is 0 Å². The molecule has 2 heteroatoms. The van der Waals surface area contributed by atoms with Crippen LogP contribution < -0.4 is 4.90 Å². The van der Waals surface area contributed by atoms with Crippen LogP contribution in [-0.2, 0) is 0 Å². The van der Waals surface area contributed by atoms with Gasteiger partial charge in [0, 0.05) is 25.3 Å². The predicted octanol–water partition coefficient (Wildman–Crippen LogP) is 2.12. The van der Waals surface area contributed by atoms with Gasteiger partial charge in [0.2, 0.25) is 0 Å². The Morgan fingerprint density at radius 1 is 1.46 bits per heavy atom. The Kier molecular flexibility index (Phi) is 2.85. The summed E-state index contributed by atoms with van der Waals surface area (Å²) in [6.45, 7) is 3.45. The second-order valence-corrected chi connectivity index (χ2v) is 3.01. The maximum absolute atomic E-state index is 11.3. The zero-order valence-electron chi connectivity index (χ0n) is 7.95. The maximum Gasteiger partial charge on any atom is 0.185 e. The van der Waals surface area contributed by atoms with Crippen LogP contribution in [0.4, 0.5) is 5.69 Å². The molecule has 2 nitrogen and oxygen atoms in total. The number of carbonyl (C=O) groups excluding carboxylic acids is 1. The van der Waals surface area contributed by atoms with E-state index in [2.05, 4.69) is 6.58 Å². The quantitative estimate of drug-likeness (QED) is 0.518. The minimum atomic E-state index is -0.0382. The van der Waals surface area contributed by atoms with Crippen LogP contribution >= 0.6 is 0 Å². The minimum absolute atomic E-state index is 0.0382. The van der Waals surface area contributed by atoms with Gasteiger partial charge in [-0.3, -0.25) is 4.79 Å². The number of carbonyl (C=O) groups is 1. The average Bonchev–Trinajstić information content (AvgIpc) is 2.17. The van der Waals surface area contributed by atoms with Crippen molar-refractivity contribution >= 4 is 11.5 Å². The summed E-state index contributed by atoms with van der Waals surface area (Å²) in [6, 6.07) is 7.47. The third-order valence-electron chi connectivity index (χ3n) is 1.83. The average molecular weight is 175 g/mol. The molecule has 0 heterocycles. The van der Waals surface area contributed by atoms with E-state index in [1.165, 1.54) is 6.08 Å². The third-order valence-corrected chi connectivity index (χ3v) is 1.83. The van der Waals surface area contributed by atoms with Crippen LogP contribution in [0.1, 0.15) is 10.4 Å². The highest BCUT2D eigenvalue weighted by Crippen LogP contribution is 2.13. The first-order valence-electron chi connectivity index (χ1n) is 4.09. The Labute approximate surface area is 78.5 Å². The number of ketones is 1. The Morgan fingerprint density at radius 3 is 2.69 bits per heavy atom. The molecule has 0 aliphatic heterocycles. The first-order valence-corrected chi connectivity index (χ1v) is 4.09. The van der Waals surface area contributed by atoms with Crippen molar-refractivity contribution in [1.29, 1.82) is 0 Å². The molecule has 0 aliphatic rings. The monoisotopic (exact) mass is 175 g/mol. The van der Waals surface area contributed by atoms with Crippen LogP contribution in [0.5, 0.6) is 0 Å². The van der Waals surface area contributed by atoms with Crippen LogP contribution in [0, 0.1) is 0 Å². The van der Waals surface area contributed by atoms with Crippen molar-refractivity contribution in [1.82, 2.24) is 0 Å². The SMILES string of the molecule is C=CC(=O)c1cccc(N(C)C)c1. The molecule has 1 aromatic rings. The molecule has 0 bridgehead atoms. The topological polar surface area (TPSA) is 20.3 Å². The predicted molar refractivity (Wildman–Crippen MR) is 55.3 cm³/mol. The summed E-state index contributed by atoms with van der Waals surface area (Å²) >= 11 is 0. The van der Waals surface area contributed by atoms with E-state index >= 15 is 0 Å². The molecule has 1 aromatic carbocycles. The van der Waals surface area contributed by atoms with Gasteiger partial charge in [0.1, 0.15) is 0 Å². The van der Waals surface area contributed by atoms with E-state index in [1.807, 2.05) is 37.2 Å². The number of hydrogen-bond acceptors (Lipinski definition) is 2. The molecule has 0 N–H and O–H groups in total. The van der Waals surface area contributed by atoms with Crippen LogP contribution in [0.15, 0.2) is 36.9 Å². The minimum Gasteiger partial charge on any atom is -0.378 e. The number of hydrogen-bond donors (Lipinski definition) is 0. The second kappa shape index (κ2) is 3.90. The lowest BCUT2D eigenvalue weighted by atomic mass is 10.1. The largest absolute Gasteiger partial charge is 0.378 e. The van der Waals surface area contributed by atoms with Gasteiger partial charge in [-0.2, -0.15) is 0 Å². The Hall–Kier alpha value is -1.57. The number of benzene rings is 1. The van der Waals surface area contributed by atoms with Gasteiger partial charge in [-0.1, -0.05) is 18.7 Å². The summed E-state index contributed by atoms with van der Waals surface area (Å²) in [5.74, 6) is -0.0382. The lowest BCUT2D eigenvalue weighted by Crippen LogP contribution is -2.09. The van der Waals surface area contributed by atoms with Crippen LogP contribution in [0.3, 0.4) is 0 Å². The molecule has 1 rings (SSSR count). The van der Waals surface area contributed by atoms with E-state index in [0.29, 0.717) is 5.56 Å². The molecule has 0 amide bonds. The summed E-state index contributed by atoms with van der Waals surface area (Å²) in [5, 5.41) is 0. The smallest absolute Gasteiger partial charge is 0.185 e.